The first-order valence-corrected chi connectivity index (χ1v) is 8.08. The Morgan fingerprint density at radius 3 is 2.23 bits per heavy atom. The number of halogens is 1. The van der Waals surface area contributed by atoms with Crippen LogP contribution in [0.2, 0.25) is 5.02 Å². The summed E-state index contributed by atoms with van der Waals surface area (Å²) in [5.41, 5.74) is 0.724. The maximum Gasteiger partial charge on any atom is 0.339 e. The standard InChI is InChI=1S/C15H15ClO5S/c1-10-8-11(4-6-13(10)16)21-22(17,18)12-5-7-14(19-2)15(9-12)20-3/h4-9H,1-3H3. The first-order valence-electron chi connectivity index (χ1n) is 6.30. The number of benzene rings is 2. The van der Waals surface area contributed by atoms with E-state index in [2.05, 4.69) is 0 Å². The van der Waals surface area contributed by atoms with Gasteiger partial charge in [0, 0.05) is 11.1 Å². The molecular formula is C15H15ClO5S. The molecule has 22 heavy (non-hydrogen) atoms. The number of methoxy groups -OCH3 is 2. The van der Waals surface area contributed by atoms with Gasteiger partial charge in [-0.05, 0) is 42.8 Å². The topological polar surface area (TPSA) is 61.8 Å². The molecule has 0 aliphatic carbocycles. The zero-order valence-electron chi connectivity index (χ0n) is 12.3. The van der Waals surface area contributed by atoms with Crippen LogP contribution in [0.5, 0.6) is 17.2 Å². The Labute approximate surface area is 134 Å². The molecule has 0 bridgehead atoms. The van der Waals surface area contributed by atoms with Crippen LogP contribution in [-0.4, -0.2) is 22.6 Å². The summed E-state index contributed by atoms with van der Waals surface area (Å²) in [5.74, 6) is 0.930. The van der Waals surface area contributed by atoms with Crippen molar-refractivity contribution in [2.75, 3.05) is 14.2 Å². The van der Waals surface area contributed by atoms with Crippen LogP contribution in [0.1, 0.15) is 5.56 Å². The number of hydrogen-bond acceptors (Lipinski definition) is 5. The molecule has 0 spiro atoms. The molecule has 2 rings (SSSR count). The van der Waals surface area contributed by atoms with Gasteiger partial charge in [0.2, 0.25) is 0 Å². The van der Waals surface area contributed by atoms with Gasteiger partial charge in [-0.25, -0.2) is 0 Å². The molecule has 0 fully saturated rings. The minimum Gasteiger partial charge on any atom is -0.493 e. The largest absolute Gasteiger partial charge is 0.493 e. The van der Waals surface area contributed by atoms with E-state index in [1.54, 1.807) is 19.1 Å². The molecule has 0 heterocycles. The second-order valence-electron chi connectivity index (χ2n) is 4.47. The fraction of sp³-hybridized carbons (Fsp3) is 0.200. The Kier molecular flexibility index (Phi) is 4.83. The molecule has 0 aliphatic rings. The molecule has 2 aromatic carbocycles. The lowest BCUT2D eigenvalue weighted by atomic mass is 10.2. The molecule has 118 valence electrons. The normalized spacial score (nSPS) is 11.1. The first-order chi connectivity index (χ1) is 10.4. The van der Waals surface area contributed by atoms with Gasteiger partial charge in [-0.3, -0.25) is 0 Å². The third kappa shape index (κ3) is 3.45. The second-order valence-corrected chi connectivity index (χ2v) is 6.42. The highest BCUT2D eigenvalue weighted by Crippen LogP contribution is 2.31. The number of rotatable bonds is 5. The Balaban J connectivity index is 2.35. The molecule has 0 N–H and O–H groups in total. The van der Waals surface area contributed by atoms with Crippen molar-refractivity contribution in [3.05, 3.63) is 47.0 Å². The van der Waals surface area contributed by atoms with E-state index in [9.17, 15) is 8.42 Å². The molecule has 0 saturated carbocycles. The highest BCUT2D eigenvalue weighted by atomic mass is 35.5. The van der Waals surface area contributed by atoms with E-state index in [1.165, 1.54) is 38.5 Å². The summed E-state index contributed by atoms with van der Waals surface area (Å²) in [6.07, 6.45) is 0. The van der Waals surface area contributed by atoms with Gasteiger partial charge >= 0.3 is 10.1 Å². The Morgan fingerprint density at radius 2 is 1.64 bits per heavy atom. The predicted molar refractivity (Wildman–Crippen MR) is 83.5 cm³/mol. The molecule has 0 amide bonds. The highest BCUT2D eigenvalue weighted by molar-refractivity contribution is 7.87. The molecule has 0 aliphatic heterocycles. The first kappa shape index (κ1) is 16.5. The average molecular weight is 343 g/mol. The Morgan fingerprint density at radius 1 is 0.955 bits per heavy atom. The summed E-state index contributed by atoms with van der Waals surface area (Å²) < 4.78 is 39.9. The Hall–Kier alpha value is -1.92. The fourth-order valence-corrected chi connectivity index (χ4v) is 2.87. The molecule has 5 nitrogen and oxygen atoms in total. The smallest absolute Gasteiger partial charge is 0.339 e. The molecule has 0 saturated heterocycles. The minimum atomic E-state index is -3.98. The lowest BCUT2D eigenvalue weighted by Gasteiger charge is -2.11. The van der Waals surface area contributed by atoms with Gasteiger partial charge < -0.3 is 13.7 Å². The van der Waals surface area contributed by atoms with E-state index in [0.29, 0.717) is 16.5 Å². The van der Waals surface area contributed by atoms with E-state index in [1.807, 2.05) is 0 Å². The van der Waals surface area contributed by atoms with Gasteiger partial charge in [0.1, 0.15) is 10.6 Å². The number of hydrogen-bond donors (Lipinski definition) is 0. The van der Waals surface area contributed by atoms with E-state index in [0.717, 1.165) is 5.56 Å². The van der Waals surface area contributed by atoms with Gasteiger partial charge in [0.25, 0.3) is 0 Å². The van der Waals surface area contributed by atoms with Crippen molar-refractivity contribution in [1.29, 1.82) is 0 Å². The quantitative estimate of drug-likeness (QED) is 0.779. The zero-order chi connectivity index (χ0) is 16.3. The van der Waals surface area contributed by atoms with Crippen LogP contribution >= 0.6 is 11.6 Å². The average Bonchev–Trinajstić information content (AvgIpc) is 2.50. The number of ether oxygens (including phenoxy) is 2. The van der Waals surface area contributed by atoms with Crippen molar-refractivity contribution in [2.24, 2.45) is 0 Å². The van der Waals surface area contributed by atoms with Crippen LogP contribution in [0.25, 0.3) is 0 Å². The molecular weight excluding hydrogens is 328 g/mol. The highest BCUT2D eigenvalue weighted by Gasteiger charge is 2.19. The summed E-state index contributed by atoms with van der Waals surface area (Å²) in [4.78, 5) is -0.0299. The van der Waals surface area contributed by atoms with Gasteiger partial charge in [0.15, 0.2) is 11.5 Å². The van der Waals surface area contributed by atoms with E-state index < -0.39 is 10.1 Å². The van der Waals surface area contributed by atoms with E-state index in [-0.39, 0.29) is 10.6 Å². The summed E-state index contributed by atoms with van der Waals surface area (Å²) in [6.45, 7) is 1.76. The van der Waals surface area contributed by atoms with Crippen molar-refractivity contribution >= 4 is 21.7 Å². The van der Waals surface area contributed by atoms with Gasteiger partial charge in [0.05, 0.1) is 14.2 Å². The van der Waals surface area contributed by atoms with Crippen LogP contribution in [0, 0.1) is 6.92 Å². The molecule has 0 unspecified atom stereocenters. The SMILES string of the molecule is COc1ccc(S(=O)(=O)Oc2ccc(Cl)c(C)c2)cc1OC. The van der Waals surface area contributed by atoms with E-state index >= 15 is 0 Å². The fourth-order valence-electron chi connectivity index (χ4n) is 1.82. The molecule has 0 atom stereocenters. The number of aryl methyl sites for hydroxylation is 1. The van der Waals surface area contributed by atoms with Crippen molar-refractivity contribution in [1.82, 2.24) is 0 Å². The van der Waals surface area contributed by atoms with Gasteiger partial charge in [-0.15, -0.1) is 0 Å². The molecule has 0 aromatic heterocycles. The molecule has 2 aromatic rings. The third-order valence-electron chi connectivity index (χ3n) is 2.98. The van der Waals surface area contributed by atoms with Crippen LogP contribution < -0.4 is 13.7 Å². The third-order valence-corrected chi connectivity index (χ3v) is 4.65. The van der Waals surface area contributed by atoms with Crippen LogP contribution in [0.3, 0.4) is 0 Å². The van der Waals surface area contributed by atoms with Gasteiger partial charge in [-0.1, -0.05) is 11.6 Å². The summed E-state index contributed by atoms with van der Waals surface area (Å²) >= 11 is 5.91. The van der Waals surface area contributed by atoms with Crippen molar-refractivity contribution in [3.63, 3.8) is 0 Å². The molecule has 0 radical (unpaired) electrons. The lowest BCUT2D eigenvalue weighted by Crippen LogP contribution is -2.10. The maximum atomic E-state index is 12.3. The predicted octanol–water partition coefficient (Wildman–Crippen LogP) is 3.43. The zero-order valence-corrected chi connectivity index (χ0v) is 13.9. The van der Waals surface area contributed by atoms with Crippen LogP contribution in [-0.2, 0) is 10.1 Å². The Bertz CT molecular complexity index is 787. The van der Waals surface area contributed by atoms with Crippen LogP contribution in [0.15, 0.2) is 41.3 Å². The maximum absolute atomic E-state index is 12.3. The van der Waals surface area contributed by atoms with E-state index in [4.69, 9.17) is 25.3 Å². The summed E-state index contributed by atoms with van der Waals surface area (Å²) in [7, 11) is -1.08. The van der Waals surface area contributed by atoms with Crippen molar-refractivity contribution < 1.29 is 22.1 Å². The summed E-state index contributed by atoms with van der Waals surface area (Å²) in [6, 6.07) is 8.86. The molecule has 7 heteroatoms. The van der Waals surface area contributed by atoms with Crippen LogP contribution in [0.4, 0.5) is 0 Å². The summed E-state index contributed by atoms with van der Waals surface area (Å²) in [5, 5.41) is 0.538. The van der Waals surface area contributed by atoms with Gasteiger partial charge in [-0.2, -0.15) is 8.42 Å². The second kappa shape index (κ2) is 6.46. The van der Waals surface area contributed by atoms with Crippen molar-refractivity contribution in [3.8, 4) is 17.2 Å². The van der Waals surface area contributed by atoms with Crippen molar-refractivity contribution in [2.45, 2.75) is 11.8 Å². The minimum absolute atomic E-state index is 0.0299. The monoisotopic (exact) mass is 342 g/mol. The lowest BCUT2D eigenvalue weighted by molar-refractivity contribution is 0.353.